The van der Waals surface area contributed by atoms with Crippen LogP contribution in [0.25, 0.3) is 0 Å². The lowest BCUT2D eigenvalue weighted by atomic mass is 9.91. The zero-order valence-electron chi connectivity index (χ0n) is 4.53. The maximum atomic E-state index is 5.62. The Balaban J connectivity index is 2.33. The van der Waals surface area contributed by atoms with Gasteiger partial charge in [0.1, 0.15) is 5.41 Å². The van der Waals surface area contributed by atoms with Crippen LogP contribution in [0.2, 0.25) is 0 Å². The molecule has 1 saturated heterocycles. The summed E-state index contributed by atoms with van der Waals surface area (Å²) in [6, 6.07) is 0. The zero-order valence-corrected chi connectivity index (χ0v) is 6.04. The first-order chi connectivity index (χ1) is 3.83. The molecule has 1 aliphatic heterocycles. The Kier molecular flexibility index (Phi) is 2.02. The number of alkyl halides is 2. The lowest BCUT2D eigenvalue weighted by molar-refractivity contribution is -0.212. The standard InChI is InChI=1S/C5H8Cl2O/c6-1-5(2-7)3-8-4-5/h1-4H2/p+1. The third kappa shape index (κ3) is 0.949. The van der Waals surface area contributed by atoms with E-state index in [9.17, 15) is 0 Å². The van der Waals surface area contributed by atoms with Crippen molar-refractivity contribution in [2.75, 3.05) is 25.0 Å². The van der Waals surface area contributed by atoms with Crippen LogP contribution in [-0.2, 0) is 0 Å². The molecular weight excluding hydrogens is 147 g/mol. The molecule has 0 atom stereocenters. The van der Waals surface area contributed by atoms with Gasteiger partial charge >= 0.3 is 0 Å². The van der Waals surface area contributed by atoms with Crippen LogP contribution in [0.1, 0.15) is 0 Å². The molecule has 3 heteroatoms. The van der Waals surface area contributed by atoms with E-state index in [1.54, 1.807) is 0 Å². The number of hydrogen-bond acceptors (Lipinski definition) is 0. The van der Waals surface area contributed by atoms with E-state index in [1.165, 1.54) is 0 Å². The topological polar surface area (TPSA) is 12.8 Å². The fraction of sp³-hybridized carbons (Fsp3) is 1.00. The molecular formula is C5H9Cl2O+. The first kappa shape index (κ1) is 6.66. The van der Waals surface area contributed by atoms with Crippen molar-refractivity contribution < 1.29 is 4.74 Å². The minimum Gasteiger partial charge on any atom is -0.432 e. The highest BCUT2D eigenvalue weighted by Gasteiger charge is 2.43. The van der Waals surface area contributed by atoms with E-state index >= 15 is 0 Å². The normalized spacial score (nSPS) is 24.8. The predicted molar refractivity (Wildman–Crippen MR) is 35.8 cm³/mol. The molecule has 0 unspecified atom stereocenters. The number of hydrogen-bond donors (Lipinski definition) is 0. The molecule has 1 heterocycles. The van der Waals surface area contributed by atoms with Gasteiger partial charge in [-0.15, -0.1) is 23.2 Å². The molecule has 0 aromatic heterocycles. The SMILES string of the molecule is ClCC1(CCl)C[OH+]C1. The van der Waals surface area contributed by atoms with Gasteiger partial charge in [-0.25, -0.2) is 0 Å². The second-order valence-electron chi connectivity index (χ2n) is 2.31. The molecule has 0 aromatic carbocycles. The molecule has 0 saturated carbocycles. The summed E-state index contributed by atoms with van der Waals surface area (Å²) < 4.78 is 4.04. The Morgan fingerprint density at radius 1 is 1.25 bits per heavy atom. The number of ether oxygens (including phenoxy) is 1. The quantitative estimate of drug-likeness (QED) is 0.417. The number of aliphatic hydroxyl groups is 2. The number of rotatable bonds is 2. The molecule has 0 aliphatic carbocycles. The van der Waals surface area contributed by atoms with Crippen molar-refractivity contribution in [1.29, 1.82) is 0 Å². The lowest BCUT2D eigenvalue weighted by Crippen LogP contribution is -2.48. The Morgan fingerprint density at radius 3 is 1.75 bits per heavy atom. The molecule has 1 fully saturated rings. The van der Waals surface area contributed by atoms with Gasteiger partial charge in [-0.05, 0) is 0 Å². The second-order valence-corrected chi connectivity index (χ2v) is 2.84. The monoisotopic (exact) mass is 155 g/mol. The summed E-state index contributed by atoms with van der Waals surface area (Å²) in [4.78, 5) is 0. The van der Waals surface area contributed by atoms with Gasteiger partial charge in [-0.3, -0.25) is 0 Å². The van der Waals surface area contributed by atoms with Crippen LogP contribution in [0, 0.1) is 5.41 Å². The molecule has 0 amide bonds. The van der Waals surface area contributed by atoms with Crippen molar-refractivity contribution >= 4 is 23.2 Å². The van der Waals surface area contributed by atoms with Gasteiger partial charge in [-0.2, -0.15) is 0 Å². The Hall–Kier alpha value is 0.540. The third-order valence-corrected chi connectivity index (χ3v) is 2.60. The van der Waals surface area contributed by atoms with Crippen LogP contribution in [0.5, 0.6) is 0 Å². The third-order valence-electron chi connectivity index (χ3n) is 1.46. The van der Waals surface area contributed by atoms with E-state index in [0.717, 1.165) is 13.2 Å². The summed E-state index contributed by atoms with van der Waals surface area (Å²) in [6.45, 7) is 1.72. The summed E-state index contributed by atoms with van der Waals surface area (Å²) in [5.41, 5.74) is 0.170. The first-order valence-corrected chi connectivity index (χ1v) is 3.65. The molecule has 8 heavy (non-hydrogen) atoms. The minimum absolute atomic E-state index is 0.170. The van der Waals surface area contributed by atoms with Crippen LogP contribution >= 0.6 is 23.2 Å². The molecule has 1 rings (SSSR count). The highest BCUT2D eigenvalue weighted by Crippen LogP contribution is 2.27. The Morgan fingerprint density at radius 2 is 1.75 bits per heavy atom. The average Bonchev–Trinajstić information content (AvgIpc) is 1.67. The van der Waals surface area contributed by atoms with Crippen LogP contribution < -0.4 is 0 Å². The van der Waals surface area contributed by atoms with Crippen LogP contribution in [0.3, 0.4) is 0 Å². The van der Waals surface area contributed by atoms with Gasteiger partial charge in [0, 0.05) is 11.8 Å². The van der Waals surface area contributed by atoms with E-state index in [0.29, 0.717) is 11.8 Å². The Bertz CT molecular complexity index is 67.0. The average molecular weight is 156 g/mol. The summed E-state index contributed by atoms with van der Waals surface area (Å²) in [5.74, 6) is 1.31. The van der Waals surface area contributed by atoms with E-state index in [2.05, 4.69) is 4.74 Å². The van der Waals surface area contributed by atoms with Crippen molar-refractivity contribution in [2.45, 2.75) is 0 Å². The van der Waals surface area contributed by atoms with Crippen LogP contribution in [0.15, 0.2) is 0 Å². The Labute approximate surface area is 58.9 Å². The van der Waals surface area contributed by atoms with Crippen molar-refractivity contribution in [3.05, 3.63) is 0 Å². The predicted octanol–water partition coefficient (Wildman–Crippen LogP) is 0.992. The molecule has 1 N–H and O–H groups in total. The van der Waals surface area contributed by atoms with Crippen molar-refractivity contribution in [3.63, 3.8) is 0 Å². The maximum Gasteiger partial charge on any atom is 0.160 e. The molecule has 1 aliphatic rings. The summed E-state index contributed by atoms with van der Waals surface area (Å²) in [5, 5.41) is 0. The first-order valence-electron chi connectivity index (χ1n) is 2.58. The van der Waals surface area contributed by atoms with Crippen molar-refractivity contribution in [2.24, 2.45) is 5.41 Å². The molecule has 0 spiro atoms. The van der Waals surface area contributed by atoms with Crippen LogP contribution in [-0.4, -0.2) is 29.7 Å². The summed E-state index contributed by atoms with van der Waals surface area (Å²) in [6.07, 6.45) is 0. The van der Waals surface area contributed by atoms with Gasteiger partial charge in [0.2, 0.25) is 0 Å². The summed E-state index contributed by atoms with van der Waals surface area (Å²) >= 11 is 11.2. The molecule has 48 valence electrons. The zero-order chi connectivity index (χ0) is 6.04. The van der Waals surface area contributed by atoms with Gasteiger partial charge < -0.3 is 4.74 Å². The fourth-order valence-corrected chi connectivity index (χ4v) is 1.26. The number of halogens is 2. The van der Waals surface area contributed by atoms with Gasteiger partial charge in [0.05, 0.1) is 0 Å². The van der Waals surface area contributed by atoms with E-state index in [1.807, 2.05) is 0 Å². The molecule has 0 aromatic rings. The van der Waals surface area contributed by atoms with Gasteiger partial charge in [0.15, 0.2) is 13.2 Å². The largest absolute Gasteiger partial charge is 0.432 e. The van der Waals surface area contributed by atoms with Gasteiger partial charge in [0.25, 0.3) is 0 Å². The van der Waals surface area contributed by atoms with Crippen molar-refractivity contribution in [1.82, 2.24) is 0 Å². The minimum atomic E-state index is 0.170. The van der Waals surface area contributed by atoms with E-state index in [4.69, 9.17) is 23.2 Å². The molecule has 0 radical (unpaired) electrons. The fourth-order valence-electron chi connectivity index (χ4n) is 0.633. The highest BCUT2D eigenvalue weighted by atomic mass is 35.5. The highest BCUT2D eigenvalue weighted by molar-refractivity contribution is 6.21. The smallest absolute Gasteiger partial charge is 0.160 e. The molecule has 0 bridgehead atoms. The molecule has 1 nitrogen and oxygen atoms in total. The lowest BCUT2D eigenvalue weighted by Gasteiger charge is -2.32. The van der Waals surface area contributed by atoms with Crippen molar-refractivity contribution in [3.8, 4) is 0 Å². The van der Waals surface area contributed by atoms with E-state index in [-0.39, 0.29) is 5.41 Å². The van der Waals surface area contributed by atoms with Gasteiger partial charge in [-0.1, -0.05) is 0 Å². The second kappa shape index (κ2) is 2.42. The maximum absolute atomic E-state index is 5.62. The summed E-state index contributed by atoms with van der Waals surface area (Å²) in [7, 11) is 0. The van der Waals surface area contributed by atoms with E-state index < -0.39 is 0 Å². The van der Waals surface area contributed by atoms with Crippen LogP contribution in [0.4, 0.5) is 0 Å².